The van der Waals surface area contributed by atoms with Crippen molar-refractivity contribution in [1.82, 2.24) is 4.72 Å². The summed E-state index contributed by atoms with van der Waals surface area (Å²) in [6, 6.07) is 30.7. The molecule has 0 aromatic heterocycles. The topological polar surface area (TPSA) is 35.1 Å². The van der Waals surface area contributed by atoms with Gasteiger partial charge in [-0.3, -0.25) is 0 Å². The predicted octanol–water partition coefficient (Wildman–Crippen LogP) is 9.43. The lowest BCUT2D eigenvalue weighted by Gasteiger charge is -2.36. The van der Waals surface area contributed by atoms with Gasteiger partial charge >= 0.3 is 0 Å². The van der Waals surface area contributed by atoms with Crippen LogP contribution in [0.15, 0.2) is 95.8 Å². The molecule has 0 aliphatic carbocycles. The van der Waals surface area contributed by atoms with Crippen molar-refractivity contribution in [3.63, 3.8) is 0 Å². The van der Waals surface area contributed by atoms with Gasteiger partial charge < -0.3 is 4.55 Å². The van der Waals surface area contributed by atoms with Gasteiger partial charge in [-0.15, -0.1) is 4.72 Å². The number of nitrogens with one attached hydrogen (secondary N) is 1. The summed E-state index contributed by atoms with van der Waals surface area (Å²) in [5.74, 6) is 0. The Bertz CT molecular complexity index is 1400. The summed E-state index contributed by atoms with van der Waals surface area (Å²) in [7, 11) is -0.620. The molecule has 4 heteroatoms. The van der Waals surface area contributed by atoms with E-state index in [2.05, 4.69) is 145 Å². The van der Waals surface area contributed by atoms with E-state index in [4.69, 9.17) is 0 Å². The van der Waals surface area contributed by atoms with Crippen LogP contribution in [0.2, 0.25) is 0 Å². The van der Waals surface area contributed by atoms with Gasteiger partial charge in [0.05, 0.1) is 0 Å². The van der Waals surface area contributed by atoms with E-state index in [-0.39, 0.29) is 21.6 Å². The third-order valence-electron chi connectivity index (χ3n) is 8.30. The summed E-state index contributed by atoms with van der Waals surface area (Å²) in [6.45, 7) is 17.7. The highest BCUT2D eigenvalue weighted by Gasteiger charge is 2.54. The molecule has 1 N–H and O–H groups in total. The molecule has 2 nitrogen and oxygen atoms in total. The smallest absolute Gasteiger partial charge is 0.136 e. The summed E-state index contributed by atoms with van der Waals surface area (Å²) in [5, 5.41) is 2.94. The van der Waals surface area contributed by atoms with Crippen LogP contribution in [0.3, 0.4) is 0 Å². The van der Waals surface area contributed by atoms with E-state index < -0.39 is 19.3 Å². The summed E-state index contributed by atoms with van der Waals surface area (Å²) in [6.07, 6.45) is 1.11. The van der Waals surface area contributed by atoms with Crippen molar-refractivity contribution in [2.45, 2.75) is 71.6 Å². The Balaban J connectivity index is 1.73. The molecule has 5 rings (SSSR count). The van der Waals surface area contributed by atoms with E-state index in [9.17, 15) is 4.55 Å². The summed E-state index contributed by atoms with van der Waals surface area (Å²) in [4.78, 5) is 0. The molecule has 0 saturated heterocycles. The summed E-state index contributed by atoms with van der Waals surface area (Å²) >= 11 is -1.23. The highest BCUT2D eigenvalue weighted by molar-refractivity contribution is 7.90. The molecule has 2 aliphatic rings. The van der Waals surface area contributed by atoms with Gasteiger partial charge in [0.1, 0.15) is 10.8 Å². The number of hydrogen-bond acceptors (Lipinski definition) is 2. The molecule has 2 aliphatic heterocycles. The minimum atomic E-state index is -1.23. The number of benzene rings is 3. The van der Waals surface area contributed by atoms with E-state index in [1.807, 2.05) is 0 Å². The molecule has 3 aromatic rings. The molecule has 2 heterocycles. The third kappa shape index (κ3) is 5.20. The van der Waals surface area contributed by atoms with Crippen molar-refractivity contribution in [3.05, 3.63) is 118 Å². The number of allylic oxidation sites excluding steroid dienone is 2. The molecule has 0 amide bonds. The lowest BCUT2D eigenvalue weighted by Crippen LogP contribution is -2.41. The first-order chi connectivity index (χ1) is 18.3. The molecular formula is C35H42NOPS. The molecule has 0 spiro atoms. The van der Waals surface area contributed by atoms with Crippen LogP contribution in [0.1, 0.15) is 83.7 Å². The van der Waals surface area contributed by atoms with Crippen molar-refractivity contribution in [2.75, 3.05) is 6.16 Å². The largest absolute Gasteiger partial charge is 0.598 e. The van der Waals surface area contributed by atoms with Crippen molar-refractivity contribution in [1.29, 1.82) is 0 Å². The lowest BCUT2D eigenvalue weighted by atomic mass is 9.73. The van der Waals surface area contributed by atoms with Crippen LogP contribution in [0, 0.1) is 5.41 Å². The van der Waals surface area contributed by atoms with Gasteiger partial charge in [0.2, 0.25) is 0 Å². The lowest BCUT2D eigenvalue weighted by molar-refractivity contribution is 0.536. The standard InChI is InChI=1S/C35H42NOPS/c1-24-31(27-17-13-10-14-18-27)38-23-35(24,8)29(25-15-11-9-12-16-25)32(38)30(36-39(37)34(5,6)7)26-19-21-28(22-20-26)33(2,3)4/h9-22,30,36H,23H2,1-8H3/t30-,35-,38+,39?/m1/s1. The second-order valence-corrected chi connectivity index (χ2v) is 17.3. The van der Waals surface area contributed by atoms with Gasteiger partial charge in [0.25, 0.3) is 0 Å². The molecule has 0 fully saturated rings. The zero-order valence-corrected chi connectivity index (χ0v) is 26.3. The summed E-state index contributed by atoms with van der Waals surface area (Å²) < 4.78 is 17.0. The van der Waals surface area contributed by atoms with E-state index in [0.717, 1.165) is 6.16 Å². The van der Waals surface area contributed by atoms with Crippen LogP contribution in [-0.2, 0) is 16.8 Å². The van der Waals surface area contributed by atoms with Crippen molar-refractivity contribution >= 4 is 30.2 Å². The van der Waals surface area contributed by atoms with Crippen molar-refractivity contribution in [2.24, 2.45) is 5.41 Å². The van der Waals surface area contributed by atoms with E-state index >= 15 is 0 Å². The van der Waals surface area contributed by atoms with Gasteiger partial charge in [-0.05, 0) is 85.6 Å². The molecule has 3 aromatic carbocycles. The molecule has 0 radical (unpaired) electrons. The first-order valence-electron chi connectivity index (χ1n) is 14.0. The van der Waals surface area contributed by atoms with Gasteiger partial charge in [-0.2, -0.15) is 0 Å². The minimum Gasteiger partial charge on any atom is -0.598 e. The minimum absolute atomic E-state index is 0.0535. The Labute approximate surface area is 240 Å². The normalized spacial score (nSPS) is 22.9. The maximum absolute atomic E-state index is 13.7. The first-order valence-corrected chi connectivity index (χ1v) is 16.6. The van der Waals surface area contributed by atoms with Crippen LogP contribution >= 0.6 is 7.92 Å². The van der Waals surface area contributed by atoms with Crippen molar-refractivity contribution in [3.8, 4) is 0 Å². The van der Waals surface area contributed by atoms with Crippen LogP contribution < -0.4 is 4.72 Å². The fourth-order valence-electron chi connectivity index (χ4n) is 5.95. The SMILES string of the molecule is CC1=C(c2ccccc2)[P@]2C[C@@]1(C)C(c1ccccc1)=C2[C@H](N[S+]([O-])C(C)(C)C)c1ccc(C(C)(C)C)cc1. The molecule has 2 bridgehead atoms. The monoisotopic (exact) mass is 555 g/mol. The Morgan fingerprint density at radius 2 is 1.36 bits per heavy atom. The van der Waals surface area contributed by atoms with Gasteiger partial charge in [0.15, 0.2) is 0 Å². The van der Waals surface area contributed by atoms with Gasteiger partial charge in [-0.25, -0.2) is 0 Å². The third-order valence-corrected chi connectivity index (χ3v) is 13.0. The molecule has 4 atom stereocenters. The summed E-state index contributed by atoms with van der Waals surface area (Å²) in [5.41, 5.74) is 8.05. The number of rotatable bonds is 6. The predicted molar refractivity (Wildman–Crippen MR) is 171 cm³/mol. The van der Waals surface area contributed by atoms with E-state index in [0.29, 0.717) is 0 Å². The molecule has 0 saturated carbocycles. The Hall–Kier alpha value is -2.16. The van der Waals surface area contributed by atoms with Crippen LogP contribution in [0.25, 0.3) is 10.9 Å². The second kappa shape index (κ2) is 10.3. The van der Waals surface area contributed by atoms with Crippen LogP contribution in [0.5, 0.6) is 0 Å². The van der Waals surface area contributed by atoms with E-state index in [1.165, 1.54) is 44.0 Å². The Morgan fingerprint density at radius 3 is 1.87 bits per heavy atom. The van der Waals surface area contributed by atoms with Crippen molar-refractivity contribution < 1.29 is 4.55 Å². The Kier molecular flexibility index (Phi) is 7.53. The second-order valence-electron chi connectivity index (χ2n) is 13.2. The van der Waals surface area contributed by atoms with Crippen LogP contribution in [0.4, 0.5) is 0 Å². The zero-order chi connectivity index (χ0) is 28.2. The molecule has 39 heavy (non-hydrogen) atoms. The quantitative estimate of drug-likeness (QED) is 0.243. The average Bonchev–Trinajstić information content (AvgIpc) is 3.34. The fraction of sp³-hybridized carbons (Fsp3) is 0.371. The zero-order valence-electron chi connectivity index (χ0n) is 24.6. The van der Waals surface area contributed by atoms with Gasteiger partial charge in [0, 0.05) is 16.8 Å². The number of hydrogen-bond donors (Lipinski definition) is 1. The van der Waals surface area contributed by atoms with Gasteiger partial charge in [-0.1, -0.05) is 118 Å². The molecular weight excluding hydrogens is 513 g/mol. The molecule has 1 unspecified atom stereocenters. The highest BCUT2D eigenvalue weighted by atomic mass is 32.2. The first kappa shape index (κ1) is 28.4. The average molecular weight is 556 g/mol. The van der Waals surface area contributed by atoms with E-state index in [1.54, 1.807) is 0 Å². The highest BCUT2D eigenvalue weighted by Crippen LogP contribution is 2.79. The fourth-order valence-corrected chi connectivity index (χ4v) is 10.7. The number of fused-ring (bicyclic) bond motifs is 2. The van der Waals surface area contributed by atoms with Crippen LogP contribution in [-0.4, -0.2) is 15.5 Å². The maximum atomic E-state index is 13.7. The molecule has 204 valence electrons. The maximum Gasteiger partial charge on any atom is 0.136 e. The Morgan fingerprint density at radius 1 is 0.821 bits per heavy atom.